The Kier molecular flexibility index (Phi) is 7.90. The summed E-state index contributed by atoms with van der Waals surface area (Å²) in [7, 11) is 0. The molecule has 2 amide bonds. The molecule has 2 aromatic carbocycles. The van der Waals surface area contributed by atoms with E-state index in [-0.39, 0.29) is 41.3 Å². The van der Waals surface area contributed by atoms with Gasteiger partial charge in [-0.05, 0) is 80.3 Å². The molecule has 186 valence electrons. The topological polar surface area (TPSA) is 105 Å². The van der Waals surface area contributed by atoms with Crippen molar-refractivity contribution in [1.82, 2.24) is 10.6 Å². The Labute approximate surface area is 208 Å². The zero-order valence-electron chi connectivity index (χ0n) is 19.2. The standard InChI is InChI=1S/C26H28ClFN2O5/c27-22-14-19(35-18-6-3-16(4-7-18)26(33)34)8-10-20(22)24(31)29-11-12-30-25(32)21-9-5-17(13-23(21)28)15-1-2-15/h5,8-10,13-16,18H,1-4,6-7,11-12H2,(H,29,31)(H,30,32)(H,33,34). The van der Waals surface area contributed by atoms with Crippen molar-refractivity contribution in [1.29, 1.82) is 0 Å². The Bertz CT molecular complexity index is 1110. The lowest BCUT2D eigenvalue weighted by Gasteiger charge is -2.26. The van der Waals surface area contributed by atoms with Crippen LogP contribution in [0.1, 0.15) is 70.7 Å². The summed E-state index contributed by atoms with van der Waals surface area (Å²) in [5.41, 5.74) is 1.17. The number of carbonyl (C=O) groups is 3. The SMILES string of the molecule is O=C(NCCNC(=O)c1ccc(OC2CCC(C(=O)O)CC2)cc1Cl)c1ccc(C2CC2)cc1F. The molecule has 2 aliphatic carbocycles. The Hall–Kier alpha value is -3.13. The van der Waals surface area contributed by atoms with E-state index in [1.165, 1.54) is 12.1 Å². The fraction of sp³-hybridized carbons (Fsp3) is 0.423. The molecular formula is C26H28ClFN2O5. The van der Waals surface area contributed by atoms with E-state index in [9.17, 15) is 18.8 Å². The Morgan fingerprint density at radius 3 is 2.11 bits per heavy atom. The number of hydrogen-bond donors (Lipinski definition) is 3. The summed E-state index contributed by atoms with van der Waals surface area (Å²) in [5.74, 6) is -1.64. The first-order valence-electron chi connectivity index (χ1n) is 11.9. The van der Waals surface area contributed by atoms with E-state index in [0.717, 1.165) is 18.4 Å². The first-order valence-corrected chi connectivity index (χ1v) is 12.2. The van der Waals surface area contributed by atoms with Gasteiger partial charge in [-0.2, -0.15) is 0 Å². The molecule has 0 bridgehead atoms. The predicted octanol–water partition coefficient (Wildman–Crippen LogP) is 4.54. The van der Waals surface area contributed by atoms with Crippen molar-refractivity contribution >= 4 is 29.4 Å². The highest BCUT2D eigenvalue weighted by molar-refractivity contribution is 6.34. The molecule has 7 nitrogen and oxygen atoms in total. The number of hydrogen-bond acceptors (Lipinski definition) is 4. The van der Waals surface area contributed by atoms with Crippen molar-refractivity contribution < 1.29 is 28.6 Å². The highest BCUT2D eigenvalue weighted by atomic mass is 35.5. The molecular weight excluding hydrogens is 475 g/mol. The van der Waals surface area contributed by atoms with E-state index in [1.54, 1.807) is 24.3 Å². The zero-order chi connectivity index (χ0) is 24.9. The molecule has 0 atom stereocenters. The lowest BCUT2D eigenvalue weighted by atomic mass is 9.87. The number of amides is 2. The van der Waals surface area contributed by atoms with Gasteiger partial charge in [0, 0.05) is 13.1 Å². The van der Waals surface area contributed by atoms with Crippen LogP contribution >= 0.6 is 11.6 Å². The molecule has 0 heterocycles. The normalized spacial score (nSPS) is 19.6. The van der Waals surface area contributed by atoms with E-state index >= 15 is 0 Å². The number of nitrogens with one attached hydrogen (secondary N) is 2. The molecule has 0 aliphatic heterocycles. The summed E-state index contributed by atoms with van der Waals surface area (Å²) in [6.45, 7) is 0.278. The minimum absolute atomic E-state index is 0.0178. The summed E-state index contributed by atoms with van der Waals surface area (Å²) >= 11 is 6.28. The van der Waals surface area contributed by atoms with Crippen LogP contribution in [-0.2, 0) is 4.79 Å². The first kappa shape index (κ1) is 25.0. The third-order valence-electron chi connectivity index (χ3n) is 6.49. The van der Waals surface area contributed by atoms with Crippen molar-refractivity contribution in [3.63, 3.8) is 0 Å². The molecule has 9 heteroatoms. The van der Waals surface area contributed by atoms with Gasteiger partial charge in [-0.15, -0.1) is 0 Å². The molecule has 0 radical (unpaired) electrons. The Balaban J connectivity index is 1.22. The molecule has 0 spiro atoms. The van der Waals surface area contributed by atoms with Gasteiger partial charge < -0.3 is 20.5 Å². The second-order valence-electron chi connectivity index (χ2n) is 9.10. The summed E-state index contributed by atoms with van der Waals surface area (Å²) in [6.07, 6.45) is 4.47. The van der Waals surface area contributed by atoms with Crippen molar-refractivity contribution in [2.75, 3.05) is 13.1 Å². The van der Waals surface area contributed by atoms with Crippen molar-refractivity contribution in [3.8, 4) is 5.75 Å². The maximum absolute atomic E-state index is 14.2. The fourth-order valence-electron chi connectivity index (χ4n) is 4.30. The summed E-state index contributed by atoms with van der Waals surface area (Å²) in [5, 5.41) is 14.6. The van der Waals surface area contributed by atoms with Gasteiger partial charge in [-0.3, -0.25) is 14.4 Å². The highest BCUT2D eigenvalue weighted by Gasteiger charge is 2.27. The van der Waals surface area contributed by atoms with Crippen LogP contribution in [0.4, 0.5) is 4.39 Å². The minimum Gasteiger partial charge on any atom is -0.490 e. The molecule has 2 aromatic rings. The summed E-state index contributed by atoms with van der Waals surface area (Å²) in [4.78, 5) is 35.8. The van der Waals surface area contributed by atoms with Crippen LogP contribution in [0.5, 0.6) is 5.75 Å². The van der Waals surface area contributed by atoms with Crippen LogP contribution < -0.4 is 15.4 Å². The van der Waals surface area contributed by atoms with Gasteiger partial charge in [0.15, 0.2) is 0 Å². The number of benzene rings is 2. The lowest BCUT2D eigenvalue weighted by molar-refractivity contribution is -0.143. The van der Waals surface area contributed by atoms with Gasteiger partial charge in [0.2, 0.25) is 0 Å². The van der Waals surface area contributed by atoms with E-state index < -0.39 is 23.6 Å². The maximum atomic E-state index is 14.2. The van der Waals surface area contributed by atoms with E-state index in [1.807, 2.05) is 0 Å². The van der Waals surface area contributed by atoms with Gasteiger partial charge in [0.25, 0.3) is 11.8 Å². The quantitative estimate of drug-likeness (QED) is 0.437. The summed E-state index contributed by atoms with van der Waals surface area (Å²) < 4.78 is 20.2. The lowest BCUT2D eigenvalue weighted by Crippen LogP contribution is -2.35. The second-order valence-corrected chi connectivity index (χ2v) is 9.50. The van der Waals surface area contributed by atoms with Gasteiger partial charge in [0.1, 0.15) is 11.6 Å². The van der Waals surface area contributed by atoms with Gasteiger partial charge >= 0.3 is 5.97 Å². The minimum atomic E-state index is -0.767. The van der Waals surface area contributed by atoms with Crippen LogP contribution in [0.15, 0.2) is 36.4 Å². The number of rotatable bonds is 9. The third-order valence-corrected chi connectivity index (χ3v) is 6.81. The largest absolute Gasteiger partial charge is 0.490 e. The van der Waals surface area contributed by atoms with Crippen LogP contribution in [0.25, 0.3) is 0 Å². The summed E-state index contributed by atoms with van der Waals surface area (Å²) in [6, 6.07) is 9.48. The van der Waals surface area contributed by atoms with E-state index in [4.69, 9.17) is 21.4 Å². The van der Waals surface area contributed by atoms with E-state index in [0.29, 0.717) is 37.4 Å². The van der Waals surface area contributed by atoms with Crippen molar-refractivity contribution in [3.05, 3.63) is 63.9 Å². The number of ether oxygens (including phenoxy) is 1. The number of aliphatic carboxylic acids is 1. The molecule has 2 saturated carbocycles. The maximum Gasteiger partial charge on any atom is 0.306 e. The number of carboxylic acids is 1. The predicted molar refractivity (Wildman–Crippen MR) is 129 cm³/mol. The highest BCUT2D eigenvalue weighted by Crippen LogP contribution is 2.40. The van der Waals surface area contributed by atoms with Gasteiger partial charge in [-0.1, -0.05) is 17.7 Å². The second kappa shape index (κ2) is 11.1. The molecule has 0 unspecified atom stereocenters. The smallest absolute Gasteiger partial charge is 0.306 e. The molecule has 3 N–H and O–H groups in total. The average Bonchev–Trinajstić information content (AvgIpc) is 3.67. The van der Waals surface area contributed by atoms with Crippen molar-refractivity contribution in [2.45, 2.75) is 50.5 Å². The molecule has 35 heavy (non-hydrogen) atoms. The number of carbonyl (C=O) groups excluding carboxylic acids is 2. The average molecular weight is 503 g/mol. The fourth-order valence-corrected chi connectivity index (χ4v) is 4.56. The molecule has 4 rings (SSSR count). The molecule has 0 aromatic heterocycles. The van der Waals surface area contributed by atoms with Gasteiger partial charge in [0.05, 0.1) is 28.2 Å². The Morgan fingerprint density at radius 2 is 1.54 bits per heavy atom. The first-order chi connectivity index (χ1) is 16.8. The van der Waals surface area contributed by atoms with Crippen LogP contribution in [0.3, 0.4) is 0 Å². The number of halogens is 2. The zero-order valence-corrected chi connectivity index (χ0v) is 19.9. The molecule has 0 saturated heterocycles. The van der Waals surface area contributed by atoms with Crippen LogP contribution in [0.2, 0.25) is 5.02 Å². The van der Waals surface area contributed by atoms with E-state index in [2.05, 4.69) is 10.6 Å². The van der Waals surface area contributed by atoms with Crippen LogP contribution in [-0.4, -0.2) is 42.1 Å². The molecule has 2 aliphatic rings. The van der Waals surface area contributed by atoms with Crippen LogP contribution in [0, 0.1) is 11.7 Å². The van der Waals surface area contributed by atoms with Gasteiger partial charge in [-0.25, -0.2) is 4.39 Å². The Morgan fingerprint density at radius 1 is 0.914 bits per heavy atom. The van der Waals surface area contributed by atoms with Crippen molar-refractivity contribution in [2.24, 2.45) is 5.92 Å². The third kappa shape index (κ3) is 6.51. The monoisotopic (exact) mass is 502 g/mol. The number of carboxylic acid groups (broad SMARTS) is 1. The molecule has 2 fully saturated rings.